The van der Waals surface area contributed by atoms with Crippen LogP contribution in [0.3, 0.4) is 0 Å². The summed E-state index contributed by atoms with van der Waals surface area (Å²) in [6.45, 7) is 4.39. The minimum atomic E-state index is -1.18. The molecule has 23 N–H and O–H groups in total. The Morgan fingerprint density at radius 1 is 0.796 bits per heavy atom. The molecule has 54 heavy (non-hydrogen) atoms. The molecule has 2 rings (SSSR count). The number of aliphatic carboxylic acids is 6. The van der Waals surface area contributed by atoms with Gasteiger partial charge in [-0.1, -0.05) is 26.0 Å². The summed E-state index contributed by atoms with van der Waals surface area (Å²) in [6.07, 6.45) is 3.56. The lowest BCUT2D eigenvalue weighted by Crippen LogP contribution is -2.33. The first kappa shape index (κ1) is 55.6. The Morgan fingerprint density at radius 3 is 1.52 bits per heavy atom. The maximum absolute atomic E-state index is 10.4. The van der Waals surface area contributed by atoms with Crippen LogP contribution in [-0.4, -0.2) is 139 Å². The molecule has 1 aliphatic heterocycles. The van der Waals surface area contributed by atoms with Crippen LogP contribution in [0.15, 0.2) is 29.3 Å². The van der Waals surface area contributed by atoms with Gasteiger partial charge in [-0.15, -0.1) is 0 Å². The smallest absolute Gasteiger partial charge is 0.322 e. The van der Waals surface area contributed by atoms with Gasteiger partial charge in [0.25, 0.3) is 0 Å². The highest BCUT2D eigenvalue weighted by atomic mass is 16.4. The number of aliphatic hydroxyl groups excluding tert-OH is 1. The summed E-state index contributed by atoms with van der Waals surface area (Å²) in [5.74, 6) is -5.27. The fourth-order valence-electron chi connectivity index (χ4n) is 3.20. The van der Waals surface area contributed by atoms with E-state index in [4.69, 9.17) is 75.3 Å². The number of carboxylic acids is 6. The predicted octanol–water partition coefficient (Wildman–Crippen LogP) is -3.51. The van der Waals surface area contributed by atoms with Crippen LogP contribution in [0.5, 0.6) is 5.75 Å². The van der Waals surface area contributed by atoms with Gasteiger partial charge in [0.05, 0.1) is 13.2 Å². The second-order valence-corrected chi connectivity index (χ2v) is 11.5. The first-order valence-electron chi connectivity index (χ1n) is 16.2. The summed E-state index contributed by atoms with van der Waals surface area (Å²) in [4.78, 5) is 63.4. The standard InChI is InChI=1S/C9H11NO3.C6H14N4O2.C6H13NO2.C5H9NO2.C3H7NO3.C2H5NO2/c10-8(9(12)13)5-6-1-3-7(11)4-2-6;7-4(5(11)12)2-1-3-10-6(8)9;1-4(2)3-5(7)6(8)9;7-5(8)4-2-1-3-6-4;4-2(1-5)3(6)7;3-1-2(4)5/h1-4,8,11H,5,10H2,(H,12,13);4H,1-3,7H2,(H,11,12)(H4,8,9,10);4-5H,3,7H2,1-2H3,(H,8,9);4,6H,1-3H2,(H,7,8);2,5H,1,4H2,(H,6,7);1,3H2,(H,4,5)/t;;;4-;;/m...0../s1. The van der Waals surface area contributed by atoms with Gasteiger partial charge in [-0.05, 0) is 68.7 Å². The molecule has 5 atom stereocenters. The van der Waals surface area contributed by atoms with Crippen LogP contribution in [-0.2, 0) is 35.2 Å². The Bertz CT molecular complexity index is 1240. The van der Waals surface area contributed by atoms with E-state index in [9.17, 15) is 28.8 Å². The number of hydrogen-bond donors (Lipinski definition) is 16. The largest absolute Gasteiger partial charge is 0.508 e. The average molecular weight is 782 g/mol. The van der Waals surface area contributed by atoms with Gasteiger partial charge in [0, 0.05) is 6.54 Å². The fraction of sp³-hybridized carbons (Fsp3) is 0.581. The Labute approximate surface area is 312 Å². The van der Waals surface area contributed by atoms with Crippen molar-refractivity contribution >= 4 is 41.8 Å². The topological polar surface area (TPSA) is 471 Å². The first-order chi connectivity index (χ1) is 24.9. The molecule has 0 bridgehead atoms. The number of rotatable bonds is 15. The van der Waals surface area contributed by atoms with E-state index in [1.54, 1.807) is 12.1 Å². The predicted molar refractivity (Wildman–Crippen MR) is 196 cm³/mol. The zero-order valence-electron chi connectivity index (χ0n) is 30.4. The van der Waals surface area contributed by atoms with Crippen LogP contribution in [0.2, 0.25) is 0 Å². The van der Waals surface area contributed by atoms with Gasteiger partial charge in [0.15, 0.2) is 5.96 Å². The van der Waals surface area contributed by atoms with Gasteiger partial charge in [0.2, 0.25) is 0 Å². The van der Waals surface area contributed by atoms with Crippen molar-refractivity contribution in [1.29, 1.82) is 0 Å². The number of nitrogens with two attached hydrogens (primary N) is 7. The lowest BCUT2D eigenvalue weighted by molar-refractivity contribution is -0.140. The summed E-state index contributed by atoms with van der Waals surface area (Å²) in [5, 5.41) is 68.9. The van der Waals surface area contributed by atoms with E-state index in [1.807, 2.05) is 13.8 Å². The number of benzene rings is 1. The van der Waals surface area contributed by atoms with E-state index in [0.29, 0.717) is 31.7 Å². The van der Waals surface area contributed by atoms with Gasteiger partial charge in [0.1, 0.15) is 36.0 Å². The van der Waals surface area contributed by atoms with E-state index in [0.717, 1.165) is 24.9 Å². The van der Waals surface area contributed by atoms with E-state index < -0.39 is 66.6 Å². The van der Waals surface area contributed by atoms with E-state index in [2.05, 4.69) is 16.0 Å². The van der Waals surface area contributed by atoms with Gasteiger partial charge in [-0.2, -0.15) is 0 Å². The fourth-order valence-corrected chi connectivity index (χ4v) is 3.20. The minimum absolute atomic E-state index is 0.0129. The summed E-state index contributed by atoms with van der Waals surface area (Å²) in [7, 11) is 0. The van der Waals surface area contributed by atoms with Crippen molar-refractivity contribution < 1.29 is 69.6 Å². The third-order valence-corrected chi connectivity index (χ3v) is 6.08. The summed E-state index contributed by atoms with van der Waals surface area (Å²) < 4.78 is 0. The molecule has 0 radical (unpaired) electrons. The monoisotopic (exact) mass is 781 g/mol. The number of guanidine groups is 1. The quantitative estimate of drug-likeness (QED) is 0.0466. The van der Waals surface area contributed by atoms with Crippen molar-refractivity contribution in [3.05, 3.63) is 29.8 Å². The van der Waals surface area contributed by atoms with Crippen molar-refractivity contribution in [2.24, 2.45) is 51.0 Å². The maximum Gasteiger partial charge on any atom is 0.322 e. The molecule has 312 valence electrons. The van der Waals surface area contributed by atoms with Gasteiger partial charge < -0.3 is 86.3 Å². The van der Waals surface area contributed by atoms with Crippen molar-refractivity contribution in [3.63, 3.8) is 0 Å². The van der Waals surface area contributed by atoms with Crippen LogP contribution >= 0.6 is 0 Å². The van der Waals surface area contributed by atoms with Crippen LogP contribution in [0.25, 0.3) is 0 Å². The highest BCUT2D eigenvalue weighted by Crippen LogP contribution is 2.10. The van der Waals surface area contributed by atoms with Crippen molar-refractivity contribution in [2.75, 3.05) is 26.2 Å². The molecular weight excluding hydrogens is 722 g/mol. The number of nitrogens with one attached hydrogen (secondary N) is 1. The number of carbonyl (C=O) groups is 6. The normalized spacial score (nSPS) is 14.6. The Balaban J connectivity index is -0.000000285. The van der Waals surface area contributed by atoms with Gasteiger partial charge >= 0.3 is 35.8 Å². The zero-order chi connectivity index (χ0) is 43.0. The van der Waals surface area contributed by atoms with E-state index in [-0.39, 0.29) is 30.7 Å². The Hall–Kier alpha value is -5.17. The number of nitrogens with zero attached hydrogens (tertiary/aromatic N) is 1. The molecule has 0 aliphatic carbocycles. The van der Waals surface area contributed by atoms with Crippen LogP contribution in [0, 0.1) is 5.92 Å². The number of phenolic OH excluding ortho intramolecular Hbond substituents is 1. The molecule has 23 nitrogen and oxygen atoms in total. The average Bonchev–Trinajstić information content (AvgIpc) is 3.64. The minimum Gasteiger partial charge on any atom is -0.508 e. The Kier molecular flexibility index (Phi) is 34.6. The third-order valence-electron chi connectivity index (χ3n) is 6.08. The van der Waals surface area contributed by atoms with Crippen LogP contribution < -0.4 is 45.5 Å². The van der Waals surface area contributed by atoms with Gasteiger partial charge in [-0.3, -0.25) is 33.8 Å². The number of carboxylic acid groups (broad SMARTS) is 6. The molecule has 1 aromatic rings. The second-order valence-electron chi connectivity index (χ2n) is 11.5. The molecule has 0 saturated carbocycles. The van der Waals surface area contributed by atoms with Gasteiger partial charge in [-0.25, -0.2) is 0 Å². The highest BCUT2D eigenvalue weighted by molar-refractivity contribution is 5.76. The molecule has 0 spiro atoms. The molecule has 1 fully saturated rings. The maximum atomic E-state index is 10.4. The van der Waals surface area contributed by atoms with Crippen LogP contribution in [0.4, 0.5) is 0 Å². The molecule has 1 heterocycles. The van der Waals surface area contributed by atoms with E-state index >= 15 is 0 Å². The molecule has 23 heteroatoms. The van der Waals surface area contributed by atoms with Crippen LogP contribution in [0.1, 0.15) is 51.5 Å². The number of phenols is 1. The highest BCUT2D eigenvalue weighted by Gasteiger charge is 2.20. The van der Waals surface area contributed by atoms with Crippen molar-refractivity contribution in [1.82, 2.24) is 5.32 Å². The van der Waals surface area contributed by atoms with E-state index in [1.165, 1.54) is 12.1 Å². The van der Waals surface area contributed by atoms with Crippen molar-refractivity contribution in [3.8, 4) is 5.75 Å². The summed E-state index contributed by atoms with van der Waals surface area (Å²) in [6, 6.07) is 2.52. The lowest BCUT2D eigenvalue weighted by atomic mass is 10.1. The number of aromatic hydroxyl groups is 1. The SMILES string of the molecule is CC(C)CC(N)C(=O)O.NC(CO)C(=O)O.NC(Cc1ccc(O)cc1)C(=O)O.NC(N)=NCCCC(N)C(=O)O.NCC(=O)O.O=C(O)[C@@H]1CCCN1. The first-order valence-corrected chi connectivity index (χ1v) is 16.2. The number of aliphatic imine (C=N–C) groups is 1. The molecule has 0 amide bonds. The molecule has 0 aromatic heterocycles. The molecule has 1 aromatic carbocycles. The lowest BCUT2D eigenvalue weighted by Gasteiger charge is -2.07. The molecule has 1 saturated heterocycles. The zero-order valence-corrected chi connectivity index (χ0v) is 30.4. The van der Waals surface area contributed by atoms with Crippen molar-refractivity contribution in [2.45, 2.75) is 82.6 Å². The second kappa shape index (κ2) is 33.7. The third kappa shape index (κ3) is 38.1. The molecule has 1 aliphatic rings. The molecule has 4 unspecified atom stereocenters. The molecular formula is C31H59N9O14. The summed E-state index contributed by atoms with van der Waals surface area (Å²) in [5.41, 5.74) is 36.0. The summed E-state index contributed by atoms with van der Waals surface area (Å²) >= 11 is 0. The number of aliphatic hydroxyl groups is 1. The Morgan fingerprint density at radius 2 is 1.26 bits per heavy atom. The number of hydrogen-bond acceptors (Lipinski definition) is 15.